The zero-order valence-electron chi connectivity index (χ0n) is 14.5. The molecule has 0 spiro atoms. The largest absolute Gasteiger partial charge is 0.353 e. The van der Waals surface area contributed by atoms with E-state index in [1.54, 1.807) is 17.7 Å². The molecule has 1 saturated carbocycles. The van der Waals surface area contributed by atoms with Crippen LogP contribution in [0.25, 0.3) is 21.3 Å². The van der Waals surface area contributed by atoms with Crippen LogP contribution >= 0.6 is 23.1 Å². The normalized spacial score (nSPS) is 15.2. The number of nitrogens with one attached hydrogen (secondary N) is 1. The molecule has 134 valence electrons. The van der Waals surface area contributed by atoms with Crippen molar-refractivity contribution in [2.45, 2.75) is 43.2 Å². The van der Waals surface area contributed by atoms with Crippen LogP contribution in [-0.4, -0.2) is 27.7 Å². The van der Waals surface area contributed by atoms with Gasteiger partial charge in [-0.3, -0.25) is 4.79 Å². The highest BCUT2D eigenvalue weighted by Crippen LogP contribution is 2.37. The van der Waals surface area contributed by atoms with E-state index in [1.165, 1.54) is 31.0 Å². The van der Waals surface area contributed by atoms with E-state index in [2.05, 4.69) is 32.8 Å². The molecule has 3 aromatic rings. The van der Waals surface area contributed by atoms with Crippen molar-refractivity contribution in [2.24, 2.45) is 0 Å². The molecule has 1 amide bonds. The average molecular weight is 384 g/mol. The summed E-state index contributed by atoms with van der Waals surface area (Å²) in [6, 6.07) is 10.6. The second kappa shape index (κ2) is 8.18. The lowest BCUT2D eigenvalue weighted by molar-refractivity contribution is -0.119. The van der Waals surface area contributed by atoms with Gasteiger partial charge in [0, 0.05) is 17.0 Å². The van der Waals surface area contributed by atoms with Gasteiger partial charge in [0.2, 0.25) is 5.91 Å². The number of thioether (sulfide) groups is 1. The van der Waals surface area contributed by atoms with Gasteiger partial charge in [0.1, 0.15) is 16.2 Å². The van der Waals surface area contributed by atoms with Crippen LogP contribution in [0.15, 0.2) is 47.1 Å². The van der Waals surface area contributed by atoms with Crippen molar-refractivity contribution >= 4 is 39.2 Å². The molecule has 1 N–H and O–H groups in total. The molecule has 1 aliphatic rings. The van der Waals surface area contributed by atoms with E-state index in [4.69, 9.17) is 0 Å². The van der Waals surface area contributed by atoms with Gasteiger partial charge in [-0.15, -0.1) is 11.3 Å². The van der Waals surface area contributed by atoms with Gasteiger partial charge in [0.25, 0.3) is 0 Å². The standard InChI is InChI=1S/C20H21N3OS2/c24-17(23-15-9-5-2-6-10-15)12-26-20-18-16(14-7-3-1-4-8-14)11-25-19(18)21-13-22-20/h1,3-4,7-8,11,13,15H,2,5-6,9-10,12H2,(H,23,24). The second-order valence-electron chi connectivity index (χ2n) is 6.57. The van der Waals surface area contributed by atoms with Crippen LogP contribution in [0.1, 0.15) is 32.1 Å². The Labute approximate surface area is 161 Å². The summed E-state index contributed by atoms with van der Waals surface area (Å²) in [4.78, 5) is 22.2. The Kier molecular flexibility index (Phi) is 5.51. The third-order valence-corrected chi connectivity index (χ3v) is 6.61. The van der Waals surface area contributed by atoms with Crippen molar-refractivity contribution in [1.82, 2.24) is 15.3 Å². The first kappa shape index (κ1) is 17.5. The Morgan fingerprint density at radius 1 is 1.15 bits per heavy atom. The number of amides is 1. The molecule has 6 heteroatoms. The van der Waals surface area contributed by atoms with E-state index in [-0.39, 0.29) is 5.91 Å². The fourth-order valence-corrected chi connectivity index (χ4v) is 5.24. The summed E-state index contributed by atoms with van der Waals surface area (Å²) >= 11 is 3.12. The third-order valence-electron chi connectivity index (χ3n) is 4.73. The lowest BCUT2D eigenvalue weighted by Crippen LogP contribution is -2.37. The molecule has 0 atom stereocenters. The smallest absolute Gasteiger partial charge is 0.230 e. The highest BCUT2D eigenvalue weighted by atomic mass is 32.2. The summed E-state index contributed by atoms with van der Waals surface area (Å²) in [5, 5.41) is 7.24. The second-order valence-corrected chi connectivity index (χ2v) is 8.39. The van der Waals surface area contributed by atoms with Gasteiger partial charge in [-0.25, -0.2) is 9.97 Å². The number of benzene rings is 1. The number of hydrogen-bond acceptors (Lipinski definition) is 5. The average Bonchev–Trinajstić information content (AvgIpc) is 3.13. The summed E-state index contributed by atoms with van der Waals surface area (Å²) in [5.41, 5.74) is 2.29. The molecule has 2 aromatic heterocycles. The van der Waals surface area contributed by atoms with E-state index in [9.17, 15) is 4.79 Å². The van der Waals surface area contributed by atoms with Gasteiger partial charge >= 0.3 is 0 Å². The predicted molar refractivity (Wildman–Crippen MR) is 109 cm³/mol. The first-order valence-electron chi connectivity index (χ1n) is 9.01. The minimum absolute atomic E-state index is 0.102. The van der Waals surface area contributed by atoms with Crippen LogP contribution in [0, 0.1) is 0 Å². The number of fused-ring (bicyclic) bond motifs is 1. The highest BCUT2D eigenvalue weighted by Gasteiger charge is 2.17. The Morgan fingerprint density at radius 2 is 1.96 bits per heavy atom. The maximum absolute atomic E-state index is 12.3. The summed E-state index contributed by atoms with van der Waals surface area (Å²) in [5.74, 6) is 0.498. The number of aromatic nitrogens is 2. The van der Waals surface area contributed by atoms with Crippen LogP contribution in [-0.2, 0) is 4.79 Å². The summed E-state index contributed by atoms with van der Waals surface area (Å²) < 4.78 is 0. The Balaban J connectivity index is 1.51. The zero-order chi connectivity index (χ0) is 17.8. The van der Waals surface area contributed by atoms with Crippen LogP contribution in [0.3, 0.4) is 0 Å². The Bertz CT molecular complexity index is 888. The molecule has 0 radical (unpaired) electrons. The van der Waals surface area contributed by atoms with Gasteiger partial charge in [0.05, 0.1) is 11.1 Å². The maximum Gasteiger partial charge on any atom is 0.230 e. The van der Waals surface area contributed by atoms with E-state index in [0.717, 1.165) is 39.2 Å². The number of nitrogens with zero attached hydrogens (tertiary/aromatic N) is 2. The van der Waals surface area contributed by atoms with Gasteiger partial charge in [-0.05, 0) is 18.4 Å². The minimum Gasteiger partial charge on any atom is -0.353 e. The molecule has 0 saturated heterocycles. The molecular weight excluding hydrogens is 362 g/mol. The zero-order valence-corrected chi connectivity index (χ0v) is 16.1. The molecule has 4 nitrogen and oxygen atoms in total. The van der Waals surface area contributed by atoms with Crippen LogP contribution < -0.4 is 5.32 Å². The first-order valence-corrected chi connectivity index (χ1v) is 10.9. The number of thiophene rings is 1. The fraction of sp³-hybridized carbons (Fsp3) is 0.350. The van der Waals surface area contributed by atoms with E-state index in [1.807, 2.05) is 18.2 Å². The van der Waals surface area contributed by atoms with Gasteiger partial charge in [-0.1, -0.05) is 61.4 Å². The molecule has 1 aliphatic carbocycles. The van der Waals surface area contributed by atoms with Crippen molar-refractivity contribution in [1.29, 1.82) is 0 Å². The van der Waals surface area contributed by atoms with Crippen LogP contribution in [0.4, 0.5) is 0 Å². The topological polar surface area (TPSA) is 54.9 Å². The van der Waals surface area contributed by atoms with E-state index in [0.29, 0.717) is 11.8 Å². The molecule has 26 heavy (non-hydrogen) atoms. The molecule has 2 heterocycles. The summed E-state index contributed by atoms with van der Waals surface area (Å²) in [7, 11) is 0. The van der Waals surface area contributed by atoms with Crippen molar-refractivity contribution in [3.05, 3.63) is 42.0 Å². The van der Waals surface area contributed by atoms with Gasteiger partial charge < -0.3 is 5.32 Å². The van der Waals surface area contributed by atoms with Gasteiger partial charge in [-0.2, -0.15) is 0 Å². The number of rotatable bonds is 5. The Morgan fingerprint density at radius 3 is 2.77 bits per heavy atom. The molecular formula is C20H21N3OS2. The van der Waals surface area contributed by atoms with Gasteiger partial charge in [0.15, 0.2) is 0 Å². The lowest BCUT2D eigenvalue weighted by atomic mass is 9.95. The number of carbonyl (C=O) groups is 1. The SMILES string of the molecule is O=C(CSc1ncnc2scc(-c3ccccc3)c12)NC1CCCCC1. The van der Waals surface area contributed by atoms with Crippen LogP contribution in [0.5, 0.6) is 0 Å². The third kappa shape index (κ3) is 3.91. The Hall–Kier alpha value is -1.92. The lowest BCUT2D eigenvalue weighted by Gasteiger charge is -2.22. The van der Waals surface area contributed by atoms with Crippen LogP contribution in [0.2, 0.25) is 0 Å². The highest BCUT2D eigenvalue weighted by molar-refractivity contribution is 8.00. The van der Waals surface area contributed by atoms with Crippen molar-refractivity contribution in [2.75, 3.05) is 5.75 Å². The molecule has 4 rings (SSSR count). The maximum atomic E-state index is 12.3. The van der Waals surface area contributed by atoms with Crippen molar-refractivity contribution in [3.8, 4) is 11.1 Å². The number of carbonyl (C=O) groups excluding carboxylic acids is 1. The predicted octanol–water partition coefficient (Wildman–Crippen LogP) is 4.90. The molecule has 0 bridgehead atoms. The van der Waals surface area contributed by atoms with Crippen molar-refractivity contribution in [3.63, 3.8) is 0 Å². The monoisotopic (exact) mass is 383 g/mol. The van der Waals surface area contributed by atoms with Crippen molar-refractivity contribution < 1.29 is 4.79 Å². The van der Waals surface area contributed by atoms with E-state index < -0.39 is 0 Å². The minimum atomic E-state index is 0.102. The molecule has 0 aliphatic heterocycles. The quantitative estimate of drug-likeness (QED) is 0.503. The molecule has 0 unspecified atom stereocenters. The summed E-state index contributed by atoms with van der Waals surface area (Å²) in [6.07, 6.45) is 7.54. The molecule has 1 fully saturated rings. The molecule has 1 aromatic carbocycles. The summed E-state index contributed by atoms with van der Waals surface area (Å²) in [6.45, 7) is 0. The first-order chi connectivity index (χ1) is 12.8. The van der Waals surface area contributed by atoms with E-state index >= 15 is 0 Å². The number of hydrogen-bond donors (Lipinski definition) is 1. The fourth-order valence-electron chi connectivity index (χ4n) is 3.44.